The Kier molecular flexibility index (Phi) is 4.69. The number of hydrogen-bond acceptors (Lipinski definition) is 6. The summed E-state index contributed by atoms with van der Waals surface area (Å²) in [5.74, 6) is 0. The molecule has 0 aliphatic rings. The highest BCUT2D eigenvalue weighted by Gasteiger charge is 2.23. The second-order valence-corrected chi connectivity index (χ2v) is 9.05. The highest BCUT2D eigenvalue weighted by atomic mass is 32.2. The maximum Gasteiger partial charge on any atom is 0.421 e. The fraction of sp³-hybridized carbons (Fsp3) is 0.417. The molecule has 0 saturated carbocycles. The topological polar surface area (TPSA) is 107 Å². The van der Waals surface area contributed by atoms with Crippen molar-refractivity contribution in [2.24, 2.45) is 0 Å². The van der Waals surface area contributed by atoms with E-state index in [4.69, 9.17) is 4.74 Å². The molecule has 21 heavy (non-hydrogen) atoms. The second-order valence-electron chi connectivity index (χ2n) is 5.35. The molecule has 0 aromatic heterocycles. The molecule has 0 saturated heterocycles. The normalized spacial score (nSPS) is 12.8. The van der Waals surface area contributed by atoms with Gasteiger partial charge >= 0.3 is 6.09 Å². The molecule has 0 fully saturated rings. The molecule has 1 aromatic carbocycles. The van der Waals surface area contributed by atoms with E-state index < -0.39 is 31.6 Å². The summed E-state index contributed by atoms with van der Waals surface area (Å²) in [6.07, 6.45) is -0.174. The van der Waals surface area contributed by atoms with E-state index >= 15 is 0 Å². The smallest absolute Gasteiger partial charge is 0.421 e. The van der Waals surface area contributed by atoms with E-state index in [2.05, 4.69) is 0 Å². The molecule has 0 atom stereocenters. The van der Waals surface area contributed by atoms with Gasteiger partial charge in [-0.2, -0.15) is 0 Å². The monoisotopic (exact) mass is 335 g/mol. The zero-order chi connectivity index (χ0) is 16.5. The molecule has 0 aliphatic heterocycles. The molecular weight excluding hydrogens is 318 g/mol. The van der Waals surface area contributed by atoms with Crippen molar-refractivity contribution in [1.29, 1.82) is 0 Å². The van der Waals surface area contributed by atoms with Crippen LogP contribution >= 0.6 is 0 Å². The molecule has 1 N–H and O–H groups in total. The number of rotatable bonds is 3. The Morgan fingerprint density at radius 2 is 1.62 bits per heavy atom. The molecule has 0 bridgehead atoms. The van der Waals surface area contributed by atoms with Crippen molar-refractivity contribution in [2.45, 2.75) is 36.2 Å². The van der Waals surface area contributed by atoms with Gasteiger partial charge in [0.1, 0.15) is 5.60 Å². The van der Waals surface area contributed by atoms with E-state index in [1.54, 1.807) is 25.5 Å². The number of benzene rings is 1. The number of sulfone groups is 1. The summed E-state index contributed by atoms with van der Waals surface area (Å²) < 4.78 is 53.4. The van der Waals surface area contributed by atoms with Crippen LogP contribution in [0.15, 0.2) is 34.1 Å². The summed E-state index contributed by atoms with van der Waals surface area (Å²) >= 11 is 0. The molecule has 0 radical (unpaired) electrons. The van der Waals surface area contributed by atoms with Gasteiger partial charge < -0.3 is 4.74 Å². The first-order valence-corrected chi connectivity index (χ1v) is 9.25. The first kappa shape index (κ1) is 17.4. The predicted octanol–water partition coefficient (Wildman–Crippen LogP) is 1.30. The van der Waals surface area contributed by atoms with Gasteiger partial charge in [-0.25, -0.2) is 26.4 Å². The molecular formula is C12H17NO6S2. The van der Waals surface area contributed by atoms with Gasteiger partial charge in [0.15, 0.2) is 9.84 Å². The highest BCUT2D eigenvalue weighted by Crippen LogP contribution is 2.16. The molecule has 0 heterocycles. The lowest BCUT2D eigenvalue weighted by Crippen LogP contribution is -2.36. The Hall–Kier alpha value is -1.61. The summed E-state index contributed by atoms with van der Waals surface area (Å²) in [6.45, 7) is 4.76. The van der Waals surface area contributed by atoms with Crippen molar-refractivity contribution in [3.63, 3.8) is 0 Å². The molecule has 9 heteroatoms. The summed E-state index contributed by atoms with van der Waals surface area (Å²) in [4.78, 5) is 11.0. The second kappa shape index (κ2) is 5.64. The van der Waals surface area contributed by atoms with Gasteiger partial charge in [-0.15, -0.1) is 0 Å². The molecule has 0 spiro atoms. The Bertz CT molecular complexity index is 744. The molecule has 1 aromatic rings. The standard InChI is InChI=1S/C12H17NO6S2/c1-12(2,3)19-11(14)13-21(17,18)10-7-5-6-9(8-10)20(4,15)16/h5-8H,1-4H3,(H,13,14). The third-order valence-corrected chi connectivity index (χ3v) is 4.58. The summed E-state index contributed by atoms with van der Waals surface area (Å²) in [6, 6.07) is 4.70. The Morgan fingerprint density at radius 1 is 1.10 bits per heavy atom. The van der Waals surface area contributed by atoms with Crippen LogP contribution in [-0.4, -0.2) is 34.8 Å². The largest absolute Gasteiger partial charge is 0.443 e. The van der Waals surface area contributed by atoms with Gasteiger partial charge in [0.25, 0.3) is 10.0 Å². The molecule has 118 valence electrons. The van der Waals surface area contributed by atoms with Crippen LogP contribution in [0.3, 0.4) is 0 Å². The Labute approximate surface area is 124 Å². The van der Waals surface area contributed by atoms with Crippen LogP contribution in [0.4, 0.5) is 4.79 Å². The number of nitrogens with one attached hydrogen (secondary N) is 1. The average molecular weight is 335 g/mol. The summed E-state index contributed by atoms with van der Waals surface area (Å²) in [5, 5.41) is 0. The maximum atomic E-state index is 12.0. The minimum atomic E-state index is -4.20. The van der Waals surface area contributed by atoms with E-state index in [1.807, 2.05) is 0 Å². The maximum absolute atomic E-state index is 12.0. The van der Waals surface area contributed by atoms with Gasteiger partial charge in [0.2, 0.25) is 0 Å². The summed E-state index contributed by atoms with van der Waals surface area (Å²) in [5.41, 5.74) is -0.853. The number of amides is 1. The fourth-order valence-corrected chi connectivity index (χ4v) is 3.00. The zero-order valence-electron chi connectivity index (χ0n) is 12.1. The van der Waals surface area contributed by atoms with Crippen molar-refractivity contribution in [2.75, 3.05) is 6.26 Å². The number of hydrogen-bond donors (Lipinski definition) is 1. The number of carbonyl (C=O) groups excluding carboxylic acids is 1. The van der Waals surface area contributed by atoms with Crippen molar-refractivity contribution in [3.8, 4) is 0 Å². The third-order valence-electron chi connectivity index (χ3n) is 2.16. The van der Waals surface area contributed by atoms with Crippen molar-refractivity contribution in [1.82, 2.24) is 4.72 Å². The van der Waals surface area contributed by atoms with Crippen LogP contribution in [0.1, 0.15) is 20.8 Å². The van der Waals surface area contributed by atoms with Crippen LogP contribution in [0.5, 0.6) is 0 Å². The van der Waals surface area contributed by atoms with Crippen molar-refractivity contribution >= 4 is 26.0 Å². The number of ether oxygens (including phenoxy) is 1. The molecule has 1 amide bonds. The first-order chi connectivity index (χ1) is 9.31. The third kappa shape index (κ3) is 5.35. The van der Waals surface area contributed by atoms with E-state index in [-0.39, 0.29) is 9.79 Å². The van der Waals surface area contributed by atoms with E-state index in [0.717, 1.165) is 12.3 Å². The van der Waals surface area contributed by atoms with Crippen LogP contribution in [0.2, 0.25) is 0 Å². The average Bonchev–Trinajstić information content (AvgIpc) is 2.24. The van der Waals surface area contributed by atoms with E-state index in [9.17, 15) is 21.6 Å². The van der Waals surface area contributed by atoms with Gasteiger partial charge in [-0.05, 0) is 39.0 Å². The number of sulfonamides is 1. The van der Waals surface area contributed by atoms with Crippen molar-refractivity contribution < 1.29 is 26.4 Å². The van der Waals surface area contributed by atoms with Crippen LogP contribution in [0.25, 0.3) is 0 Å². The van der Waals surface area contributed by atoms with Crippen LogP contribution < -0.4 is 4.72 Å². The minimum Gasteiger partial charge on any atom is -0.443 e. The highest BCUT2D eigenvalue weighted by molar-refractivity contribution is 7.91. The molecule has 1 rings (SSSR count). The zero-order valence-corrected chi connectivity index (χ0v) is 13.7. The van der Waals surface area contributed by atoms with Gasteiger partial charge in [-0.1, -0.05) is 6.07 Å². The Morgan fingerprint density at radius 3 is 2.10 bits per heavy atom. The minimum absolute atomic E-state index is 0.158. The SMILES string of the molecule is CC(C)(C)OC(=O)NS(=O)(=O)c1cccc(S(C)(=O)=O)c1. The Balaban J connectivity index is 3.07. The van der Waals surface area contributed by atoms with Crippen LogP contribution in [-0.2, 0) is 24.6 Å². The van der Waals surface area contributed by atoms with E-state index in [1.165, 1.54) is 18.2 Å². The van der Waals surface area contributed by atoms with Gasteiger partial charge in [0, 0.05) is 6.26 Å². The quantitative estimate of drug-likeness (QED) is 0.892. The van der Waals surface area contributed by atoms with Gasteiger partial charge in [0.05, 0.1) is 9.79 Å². The molecule has 0 aliphatic carbocycles. The lowest BCUT2D eigenvalue weighted by atomic mass is 10.2. The molecule has 0 unspecified atom stereocenters. The van der Waals surface area contributed by atoms with Crippen molar-refractivity contribution in [3.05, 3.63) is 24.3 Å². The van der Waals surface area contributed by atoms with Gasteiger partial charge in [-0.3, -0.25) is 0 Å². The lowest BCUT2D eigenvalue weighted by Gasteiger charge is -2.19. The lowest BCUT2D eigenvalue weighted by molar-refractivity contribution is 0.0570. The fourth-order valence-electron chi connectivity index (χ4n) is 1.34. The summed E-state index contributed by atoms with van der Waals surface area (Å²) in [7, 11) is -7.75. The first-order valence-electron chi connectivity index (χ1n) is 5.87. The van der Waals surface area contributed by atoms with E-state index in [0.29, 0.717) is 0 Å². The van der Waals surface area contributed by atoms with Crippen LogP contribution in [0, 0.1) is 0 Å². The predicted molar refractivity (Wildman–Crippen MR) is 76.1 cm³/mol. The molecule has 7 nitrogen and oxygen atoms in total. The number of carbonyl (C=O) groups is 1.